The van der Waals surface area contributed by atoms with E-state index >= 15 is 0 Å². The number of aryl methyl sites for hydroxylation is 2. The molecule has 0 saturated carbocycles. The van der Waals surface area contributed by atoms with Crippen LogP contribution >= 0.6 is 0 Å². The van der Waals surface area contributed by atoms with Crippen LogP contribution in [0.3, 0.4) is 0 Å². The minimum atomic E-state index is -3.17. The van der Waals surface area contributed by atoms with Crippen LogP contribution in [0.4, 0.5) is 0 Å². The summed E-state index contributed by atoms with van der Waals surface area (Å²) in [5.74, 6) is -1.29. The molecule has 0 aromatic carbocycles. The average Bonchev–Trinajstić information content (AvgIpc) is 3.09. The first-order valence-electron chi connectivity index (χ1n) is 10.7. The van der Waals surface area contributed by atoms with Crippen molar-refractivity contribution in [3.8, 4) is 0 Å². The highest BCUT2D eigenvalue weighted by Gasteiger charge is 2.35. The van der Waals surface area contributed by atoms with Crippen LogP contribution in [0, 0.1) is 12.8 Å². The maximum atomic E-state index is 12.8. The molecule has 2 aromatic heterocycles. The maximum absolute atomic E-state index is 12.8. The number of carbonyl (C=O) groups excluding carboxylic acids is 2. The van der Waals surface area contributed by atoms with Crippen LogP contribution in [0.15, 0.2) is 23.1 Å². The third kappa shape index (κ3) is 5.17. The Hall–Kier alpha value is -2.75. The Labute approximate surface area is 187 Å². The van der Waals surface area contributed by atoms with Crippen molar-refractivity contribution >= 4 is 32.7 Å². The topological polar surface area (TPSA) is 116 Å². The molecule has 1 fully saturated rings. The molecule has 10 heteroatoms. The molecule has 0 spiro atoms. The van der Waals surface area contributed by atoms with E-state index in [0.717, 1.165) is 5.69 Å². The standard InChI is InChI=1S/C22H29N3O6S/c1-5-24-11-18(20(27)17-7-6-15(4)23-21(17)24)22(28)31-12-19(26)25(10-14(2)3)16-8-9-32(29,30)13-16/h6-7,11,14,16H,5,8-10,12-13H2,1-4H3. The van der Waals surface area contributed by atoms with Gasteiger partial charge in [-0.25, -0.2) is 18.2 Å². The summed E-state index contributed by atoms with van der Waals surface area (Å²) in [4.78, 5) is 44.2. The molecular weight excluding hydrogens is 434 g/mol. The lowest BCUT2D eigenvalue weighted by Gasteiger charge is -2.29. The normalized spacial score (nSPS) is 17.6. The number of hydrogen-bond donors (Lipinski definition) is 0. The zero-order chi connectivity index (χ0) is 23.6. The van der Waals surface area contributed by atoms with E-state index < -0.39 is 39.8 Å². The second-order valence-corrected chi connectivity index (χ2v) is 10.8. The highest BCUT2D eigenvalue weighted by Crippen LogP contribution is 2.19. The number of aromatic nitrogens is 2. The van der Waals surface area contributed by atoms with Crippen LogP contribution in [0.2, 0.25) is 0 Å². The molecule has 0 aliphatic carbocycles. The molecule has 9 nitrogen and oxygen atoms in total. The van der Waals surface area contributed by atoms with Gasteiger partial charge in [-0.1, -0.05) is 13.8 Å². The molecule has 2 aromatic rings. The number of esters is 1. The third-order valence-corrected chi connectivity index (χ3v) is 7.23. The molecule has 1 aliphatic heterocycles. The van der Waals surface area contributed by atoms with Crippen LogP contribution in [-0.2, 0) is 25.9 Å². The molecule has 1 unspecified atom stereocenters. The number of amides is 1. The summed E-state index contributed by atoms with van der Waals surface area (Å²) in [6, 6.07) is 2.89. The summed E-state index contributed by atoms with van der Waals surface area (Å²) in [6.07, 6.45) is 1.77. The molecule has 1 amide bonds. The zero-order valence-corrected chi connectivity index (χ0v) is 19.6. The van der Waals surface area contributed by atoms with Gasteiger partial charge in [0.2, 0.25) is 5.43 Å². The number of nitrogens with zero attached hydrogens (tertiary/aromatic N) is 3. The van der Waals surface area contributed by atoms with Gasteiger partial charge in [0.15, 0.2) is 16.4 Å². The lowest BCUT2D eigenvalue weighted by atomic mass is 10.1. The van der Waals surface area contributed by atoms with Crippen molar-refractivity contribution in [2.45, 2.75) is 46.7 Å². The van der Waals surface area contributed by atoms with Crippen LogP contribution in [-0.4, -0.2) is 65.4 Å². The van der Waals surface area contributed by atoms with E-state index in [1.807, 2.05) is 27.7 Å². The Kier molecular flexibility index (Phi) is 7.02. The predicted octanol–water partition coefficient (Wildman–Crippen LogP) is 1.55. The number of pyridine rings is 2. The molecule has 0 N–H and O–H groups in total. The number of sulfone groups is 1. The molecule has 32 heavy (non-hydrogen) atoms. The van der Waals surface area contributed by atoms with E-state index in [1.165, 1.54) is 11.1 Å². The molecule has 1 atom stereocenters. The van der Waals surface area contributed by atoms with Gasteiger partial charge in [-0.2, -0.15) is 0 Å². The fourth-order valence-electron chi connectivity index (χ4n) is 3.90. The summed E-state index contributed by atoms with van der Waals surface area (Å²) in [6.45, 7) is 7.83. The number of hydrogen-bond acceptors (Lipinski definition) is 7. The van der Waals surface area contributed by atoms with E-state index in [1.54, 1.807) is 16.7 Å². The lowest BCUT2D eigenvalue weighted by Crippen LogP contribution is -2.45. The summed E-state index contributed by atoms with van der Waals surface area (Å²) in [5.41, 5.74) is 0.558. The Bertz CT molecular complexity index is 1200. The Morgan fingerprint density at radius 2 is 2.03 bits per heavy atom. The Balaban J connectivity index is 1.80. The lowest BCUT2D eigenvalue weighted by molar-refractivity contribution is -0.137. The maximum Gasteiger partial charge on any atom is 0.344 e. The highest BCUT2D eigenvalue weighted by molar-refractivity contribution is 7.91. The first kappa shape index (κ1) is 23.9. The van der Waals surface area contributed by atoms with E-state index in [-0.39, 0.29) is 23.0 Å². The van der Waals surface area contributed by atoms with Gasteiger partial charge >= 0.3 is 5.97 Å². The summed E-state index contributed by atoms with van der Waals surface area (Å²) in [7, 11) is -3.17. The van der Waals surface area contributed by atoms with Crippen molar-refractivity contribution < 1.29 is 22.7 Å². The largest absolute Gasteiger partial charge is 0.452 e. The smallest absolute Gasteiger partial charge is 0.344 e. The minimum absolute atomic E-state index is 0.0422. The molecule has 3 heterocycles. The zero-order valence-electron chi connectivity index (χ0n) is 18.8. The van der Waals surface area contributed by atoms with Crippen molar-refractivity contribution in [3.05, 3.63) is 39.8 Å². The fraction of sp³-hybridized carbons (Fsp3) is 0.545. The van der Waals surface area contributed by atoms with Gasteiger partial charge in [0, 0.05) is 31.0 Å². The fourth-order valence-corrected chi connectivity index (χ4v) is 5.63. The summed E-state index contributed by atoms with van der Waals surface area (Å²) >= 11 is 0. The van der Waals surface area contributed by atoms with E-state index in [9.17, 15) is 22.8 Å². The van der Waals surface area contributed by atoms with Gasteiger partial charge in [0.1, 0.15) is 11.2 Å². The van der Waals surface area contributed by atoms with Gasteiger partial charge in [0.05, 0.1) is 16.9 Å². The van der Waals surface area contributed by atoms with Crippen LogP contribution in [0.5, 0.6) is 0 Å². The Morgan fingerprint density at radius 1 is 1.31 bits per heavy atom. The molecule has 1 aliphatic rings. The van der Waals surface area contributed by atoms with E-state index in [0.29, 0.717) is 30.5 Å². The van der Waals surface area contributed by atoms with Gasteiger partial charge in [-0.15, -0.1) is 0 Å². The second kappa shape index (κ2) is 9.40. The van der Waals surface area contributed by atoms with Crippen molar-refractivity contribution in [1.82, 2.24) is 14.5 Å². The predicted molar refractivity (Wildman–Crippen MR) is 120 cm³/mol. The van der Waals surface area contributed by atoms with Gasteiger partial charge < -0.3 is 14.2 Å². The van der Waals surface area contributed by atoms with Crippen LogP contribution in [0.1, 0.15) is 43.2 Å². The molecule has 0 bridgehead atoms. The van der Waals surface area contributed by atoms with E-state index in [2.05, 4.69) is 4.98 Å². The second-order valence-electron chi connectivity index (χ2n) is 8.55. The summed E-state index contributed by atoms with van der Waals surface area (Å²) < 4.78 is 30.6. The molecule has 1 saturated heterocycles. The van der Waals surface area contributed by atoms with E-state index in [4.69, 9.17) is 4.74 Å². The SMILES string of the molecule is CCn1cc(C(=O)OCC(=O)N(CC(C)C)C2CCS(=O)(=O)C2)c(=O)c2ccc(C)nc21. The highest BCUT2D eigenvalue weighted by atomic mass is 32.2. The Morgan fingerprint density at radius 3 is 2.62 bits per heavy atom. The molecule has 174 valence electrons. The first-order valence-corrected chi connectivity index (χ1v) is 12.5. The number of fused-ring (bicyclic) bond motifs is 1. The number of rotatable bonds is 7. The van der Waals surface area contributed by atoms with Crippen molar-refractivity contribution in [2.24, 2.45) is 5.92 Å². The minimum Gasteiger partial charge on any atom is -0.452 e. The molecule has 3 rings (SSSR count). The van der Waals surface area contributed by atoms with Crippen molar-refractivity contribution in [2.75, 3.05) is 24.7 Å². The quantitative estimate of drug-likeness (QED) is 0.572. The molecule has 0 radical (unpaired) electrons. The average molecular weight is 464 g/mol. The third-order valence-electron chi connectivity index (χ3n) is 5.48. The summed E-state index contributed by atoms with van der Waals surface area (Å²) in [5, 5.41) is 0.302. The first-order chi connectivity index (χ1) is 15.0. The van der Waals surface area contributed by atoms with Crippen LogP contribution in [0.25, 0.3) is 11.0 Å². The van der Waals surface area contributed by atoms with Crippen LogP contribution < -0.4 is 5.43 Å². The van der Waals surface area contributed by atoms with Gasteiger partial charge in [-0.3, -0.25) is 9.59 Å². The van der Waals surface area contributed by atoms with Gasteiger partial charge in [0.25, 0.3) is 5.91 Å². The van der Waals surface area contributed by atoms with Gasteiger partial charge in [-0.05, 0) is 38.3 Å². The monoisotopic (exact) mass is 463 g/mol. The number of ether oxygens (including phenoxy) is 1. The van der Waals surface area contributed by atoms with Crippen molar-refractivity contribution in [3.63, 3.8) is 0 Å². The number of carbonyl (C=O) groups is 2. The van der Waals surface area contributed by atoms with Crippen molar-refractivity contribution in [1.29, 1.82) is 0 Å². The molecular formula is C22H29N3O6S.